The summed E-state index contributed by atoms with van der Waals surface area (Å²) in [4.78, 5) is 116. The van der Waals surface area contributed by atoms with Gasteiger partial charge in [0.1, 0.15) is 29.4 Å². The second-order valence-corrected chi connectivity index (χ2v) is 15.4. The molecule has 4 fully saturated rings. The summed E-state index contributed by atoms with van der Waals surface area (Å²) >= 11 is 0. The number of likely N-dealkylation sites (tertiary alicyclic amines) is 1. The van der Waals surface area contributed by atoms with E-state index < -0.39 is 88.9 Å². The van der Waals surface area contributed by atoms with Crippen LogP contribution in [0.1, 0.15) is 102 Å². The van der Waals surface area contributed by atoms with Crippen LogP contribution < -0.4 is 31.9 Å². The van der Waals surface area contributed by atoms with Crippen molar-refractivity contribution in [3.8, 4) is 0 Å². The zero-order valence-electron chi connectivity index (χ0n) is 30.1. The fourth-order valence-corrected chi connectivity index (χ4v) is 7.17. The van der Waals surface area contributed by atoms with E-state index in [0.29, 0.717) is 19.3 Å². The lowest BCUT2D eigenvalue weighted by molar-refractivity contribution is -0.145. The minimum atomic E-state index is -1.65. The van der Waals surface area contributed by atoms with Crippen molar-refractivity contribution >= 4 is 47.3 Å². The van der Waals surface area contributed by atoms with Crippen molar-refractivity contribution in [3.63, 3.8) is 0 Å². The number of carbonyl (C=O) groups is 8. The summed E-state index contributed by atoms with van der Waals surface area (Å²) in [5.41, 5.74) is -2.57. The van der Waals surface area contributed by atoms with Crippen molar-refractivity contribution in [2.45, 2.75) is 128 Å². The second-order valence-electron chi connectivity index (χ2n) is 15.4. The highest BCUT2D eigenvalue weighted by molar-refractivity contribution is 6.38. The lowest BCUT2D eigenvalue weighted by atomic mass is 9.82. The van der Waals surface area contributed by atoms with Crippen LogP contribution in [0.4, 0.5) is 4.79 Å². The summed E-state index contributed by atoms with van der Waals surface area (Å²) in [5, 5.41) is 15.7. The molecule has 1 spiro atoms. The van der Waals surface area contributed by atoms with Crippen molar-refractivity contribution in [1.29, 1.82) is 0 Å². The number of ketones is 1. The molecule has 3 heterocycles. The number of Topliss-reactive ketones (excluding diaryl/α,β-unsaturated/α-hetero) is 1. The van der Waals surface area contributed by atoms with Crippen molar-refractivity contribution in [2.24, 2.45) is 11.3 Å². The van der Waals surface area contributed by atoms with E-state index in [0.717, 1.165) is 37.0 Å². The Hall–Kier alpha value is -4.96. The number of imide groups is 1. The Morgan fingerprint density at radius 2 is 1.69 bits per heavy atom. The first-order chi connectivity index (χ1) is 24.6. The molecule has 52 heavy (non-hydrogen) atoms. The molecular formula is C35H49N9O8. The summed E-state index contributed by atoms with van der Waals surface area (Å²) in [5.74, 6) is -5.28. The Labute approximate surface area is 302 Å². The molecule has 1 aromatic rings. The number of amides is 8. The number of hydrogen-bond donors (Lipinski definition) is 6. The lowest BCUT2D eigenvalue weighted by Crippen LogP contribution is -2.62. The van der Waals surface area contributed by atoms with Crippen molar-refractivity contribution in [2.75, 3.05) is 6.54 Å². The molecule has 0 radical (unpaired) electrons. The van der Waals surface area contributed by atoms with E-state index in [1.165, 1.54) is 18.6 Å². The van der Waals surface area contributed by atoms with Gasteiger partial charge in [-0.05, 0) is 43.4 Å². The largest absolute Gasteiger partial charge is 0.347 e. The van der Waals surface area contributed by atoms with Crippen LogP contribution in [0.5, 0.6) is 0 Å². The number of urea groups is 1. The molecular weight excluding hydrogens is 674 g/mol. The first kappa shape index (κ1) is 38.3. The maximum absolute atomic E-state index is 14.6. The van der Waals surface area contributed by atoms with Gasteiger partial charge >= 0.3 is 6.03 Å². The third-order valence-corrected chi connectivity index (χ3v) is 10.2. The van der Waals surface area contributed by atoms with Gasteiger partial charge in [-0.2, -0.15) is 0 Å². The number of hydrogen-bond acceptors (Lipinski definition) is 10. The van der Waals surface area contributed by atoms with Gasteiger partial charge in [-0.25, -0.2) is 9.78 Å². The van der Waals surface area contributed by atoms with Crippen LogP contribution in [-0.4, -0.2) is 104 Å². The normalized spacial score (nSPS) is 23.5. The van der Waals surface area contributed by atoms with Crippen LogP contribution in [-0.2, 0) is 28.8 Å². The highest BCUT2D eigenvalue weighted by Gasteiger charge is 2.58. The van der Waals surface area contributed by atoms with Crippen LogP contribution in [0.15, 0.2) is 18.6 Å². The van der Waals surface area contributed by atoms with E-state index >= 15 is 0 Å². The fourth-order valence-electron chi connectivity index (χ4n) is 7.17. The second kappa shape index (κ2) is 15.7. The number of nitrogens with one attached hydrogen (secondary N) is 6. The first-order valence-electron chi connectivity index (χ1n) is 18.1. The monoisotopic (exact) mass is 723 g/mol. The molecule has 0 bridgehead atoms. The summed E-state index contributed by atoms with van der Waals surface area (Å²) in [6, 6.07) is -5.69. The van der Waals surface area contributed by atoms with Gasteiger partial charge in [0.05, 0.1) is 18.8 Å². The predicted molar refractivity (Wildman–Crippen MR) is 184 cm³/mol. The van der Waals surface area contributed by atoms with Crippen molar-refractivity contribution < 1.29 is 38.4 Å². The zero-order chi connectivity index (χ0) is 37.8. The summed E-state index contributed by atoms with van der Waals surface area (Å²) in [6.07, 6.45) is 9.96. The van der Waals surface area contributed by atoms with Gasteiger partial charge in [-0.3, -0.25) is 43.9 Å². The molecule has 6 N–H and O–H groups in total. The quantitative estimate of drug-likeness (QED) is 0.118. The molecule has 8 amide bonds. The molecule has 2 aliphatic heterocycles. The van der Waals surface area contributed by atoms with E-state index in [9.17, 15) is 38.4 Å². The Balaban J connectivity index is 1.41. The highest BCUT2D eigenvalue weighted by Crippen LogP contribution is 2.34. The molecule has 17 nitrogen and oxygen atoms in total. The molecule has 2 saturated carbocycles. The van der Waals surface area contributed by atoms with Gasteiger partial charge in [0.25, 0.3) is 17.7 Å². The summed E-state index contributed by atoms with van der Waals surface area (Å²) < 4.78 is 0. The van der Waals surface area contributed by atoms with Crippen LogP contribution in [0.3, 0.4) is 0 Å². The molecule has 5 rings (SSSR count). The maximum atomic E-state index is 14.6. The van der Waals surface area contributed by atoms with Crippen molar-refractivity contribution in [1.82, 2.24) is 46.8 Å². The number of aromatic nitrogens is 2. The summed E-state index contributed by atoms with van der Waals surface area (Å²) in [6.45, 7) is 6.57. The fraction of sp³-hybridized carbons (Fsp3) is 0.657. The molecule has 2 saturated heterocycles. The predicted octanol–water partition coefficient (Wildman–Crippen LogP) is -0.00210. The number of rotatable bonds is 13. The van der Waals surface area contributed by atoms with Gasteiger partial charge < -0.3 is 31.5 Å². The van der Waals surface area contributed by atoms with Crippen LogP contribution in [0, 0.1) is 11.3 Å². The zero-order valence-corrected chi connectivity index (χ0v) is 30.1. The smallest absolute Gasteiger partial charge is 0.322 e. The lowest BCUT2D eigenvalue weighted by Gasteiger charge is -2.37. The SMILES string of the molecule is CCCC(NC(=O)[C@@H]1CC2(CN1C(=O)C(NC(=O)C(NC(=O)c1cnccn1)C1CCCCC1)C(C)(C)C)NC(=O)NC2=O)C(=O)C(=O)NC1CC1. The van der Waals surface area contributed by atoms with Crippen LogP contribution >= 0.6 is 0 Å². The molecule has 2 aliphatic carbocycles. The van der Waals surface area contributed by atoms with E-state index in [4.69, 9.17) is 0 Å². The molecule has 0 aromatic carbocycles. The average Bonchev–Trinajstić information content (AvgIpc) is 3.77. The Bertz CT molecular complexity index is 1590. The van der Waals surface area contributed by atoms with Crippen LogP contribution in [0.2, 0.25) is 0 Å². The van der Waals surface area contributed by atoms with Crippen molar-refractivity contribution in [3.05, 3.63) is 24.3 Å². The first-order valence-corrected chi connectivity index (χ1v) is 18.1. The van der Waals surface area contributed by atoms with Gasteiger partial charge in [-0.15, -0.1) is 0 Å². The molecule has 282 valence electrons. The van der Waals surface area contributed by atoms with Gasteiger partial charge in [-0.1, -0.05) is 53.4 Å². The third-order valence-electron chi connectivity index (χ3n) is 10.2. The topological polar surface area (TPSA) is 238 Å². The average molecular weight is 724 g/mol. The van der Waals surface area contributed by atoms with Crippen LogP contribution in [0.25, 0.3) is 0 Å². The molecule has 17 heteroatoms. The molecule has 1 aromatic heterocycles. The van der Waals surface area contributed by atoms with Gasteiger partial charge in [0.2, 0.25) is 23.5 Å². The number of carbonyl (C=O) groups excluding carboxylic acids is 8. The minimum Gasteiger partial charge on any atom is -0.347 e. The van der Waals surface area contributed by atoms with E-state index in [1.807, 2.05) is 0 Å². The number of nitrogens with zero attached hydrogens (tertiary/aromatic N) is 3. The van der Waals surface area contributed by atoms with Gasteiger partial charge in [0.15, 0.2) is 0 Å². The molecule has 4 aliphatic rings. The Morgan fingerprint density at radius 3 is 2.27 bits per heavy atom. The Morgan fingerprint density at radius 1 is 0.981 bits per heavy atom. The highest BCUT2D eigenvalue weighted by atomic mass is 16.2. The molecule has 5 atom stereocenters. The Kier molecular flexibility index (Phi) is 11.6. The summed E-state index contributed by atoms with van der Waals surface area (Å²) in [7, 11) is 0. The third kappa shape index (κ3) is 8.73. The molecule has 4 unspecified atom stereocenters. The van der Waals surface area contributed by atoms with E-state index in [-0.39, 0.29) is 30.5 Å². The van der Waals surface area contributed by atoms with Gasteiger partial charge in [0, 0.05) is 24.9 Å². The van der Waals surface area contributed by atoms with E-state index in [2.05, 4.69) is 41.9 Å². The minimum absolute atomic E-state index is 0.0255. The maximum Gasteiger partial charge on any atom is 0.322 e. The van der Waals surface area contributed by atoms with E-state index in [1.54, 1.807) is 27.7 Å². The standard InChI is InChI=1S/C35H49N9O8/c1-5-9-21(25(45)30(49)38-20-12-13-20)39-28(47)23-16-35(32(51)42-33(52)43-35)18-44(23)31(50)26(34(2,3)4)41-29(48)24(19-10-7-6-8-11-19)40-27(46)22-17-36-14-15-37-22/h14-15,17,19-21,23-24,26H,5-13,16,18H2,1-4H3,(H,38,49)(H,39,47)(H,40,46)(H,41,48)(H2,42,43,51,52)/t21?,23-,24?,26?,35?/m0/s1.